The molecule has 0 radical (unpaired) electrons. The molecule has 0 spiro atoms. The molecule has 0 bridgehead atoms. The number of hydrogen-bond donors (Lipinski definition) is 0. The smallest absolute Gasteiger partial charge is 0.330 e. The van der Waals surface area contributed by atoms with Gasteiger partial charge in [0, 0.05) is 44.4 Å². The predicted octanol–water partition coefficient (Wildman–Crippen LogP) is 1.56. The molecule has 22 heavy (non-hydrogen) atoms. The van der Waals surface area contributed by atoms with E-state index in [1.807, 2.05) is 41.3 Å². The van der Waals surface area contributed by atoms with Gasteiger partial charge in [0.1, 0.15) is 0 Å². The Labute approximate surface area is 131 Å². The molecule has 118 valence electrons. The van der Waals surface area contributed by atoms with Gasteiger partial charge in [0.25, 0.3) is 5.91 Å². The maximum Gasteiger partial charge on any atom is 0.330 e. The lowest BCUT2D eigenvalue weighted by molar-refractivity contribution is -0.137. The van der Waals surface area contributed by atoms with Crippen LogP contribution in [0.15, 0.2) is 42.5 Å². The molecule has 1 aliphatic rings. The molecule has 0 atom stereocenters. The number of piperazine rings is 1. The van der Waals surface area contributed by atoms with Crippen LogP contribution in [-0.2, 0) is 9.53 Å². The topological polar surface area (TPSA) is 49.9 Å². The number of amides is 1. The Hall–Kier alpha value is -2.14. The largest absolute Gasteiger partial charge is 0.463 e. The monoisotopic (exact) mass is 302 g/mol. The lowest BCUT2D eigenvalue weighted by Gasteiger charge is -2.34. The summed E-state index contributed by atoms with van der Waals surface area (Å²) in [6.45, 7) is 5.92. The van der Waals surface area contributed by atoms with E-state index in [4.69, 9.17) is 4.74 Å². The Balaban J connectivity index is 1.76. The van der Waals surface area contributed by atoms with Gasteiger partial charge in [-0.2, -0.15) is 0 Å². The van der Waals surface area contributed by atoms with Gasteiger partial charge in [-0.1, -0.05) is 24.3 Å². The number of hydrogen-bond acceptors (Lipinski definition) is 4. The fourth-order valence-corrected chi connectivity index (χ4v) is 2.39. The van der Waals surface area contributed by atoms with Gasteiger partial charge in [-0.05, 0) is 19.1 Å². The highest BCUT2D eigenvalue weighted by molar-refractivity contribution is 5.94. The summed E-state index contributed by atoms with van der Waals surface area (Å²) in [6.07, 6.45) is 3.28. The van der Waals surface area contributed by atoms with Crippen molar-refractivity contribution in [1.29, 1.82) is 0 Å². The molecule has 0 aromatic heterocycles. The van der Waals surface area contributed by atoms with Crippen molar-refractivity contribution in [3.8, 4) is 0 Å². The summed E-state index contributed by atoms with van der Waals surface area (Å²) in [4.78, 5) is 27.6. The Morgan fingerprint density at radius 2 is 1.82 bits per heavy atom. The zero-order chi connectivity index (χ0) is 15.8. The van der Waals surface area contributed by atoms with Crippen LogP contribution in [0.25, 0.3) is 0 Å². The molecule has 0 saturated carbocycles. The fourth-order valence-electron chi connectivity index (χ4n) is 2.39. The molecule has 1 aromatic carbocycles. The zero-order valence-electron chi connectivity index (χ0n) is 12.9. The fraction of sp³-hybridized carbons (Fsp3) is 0.412. The first-order chi connectivity index (χ1) is 10.7. The first kappa shape index (κ1) is 16.2. The molecule has 1 aromatic rings. The first-order valence-corrected chi connectivity index (χ1v) is 7.60. The van der Waals surface area contributed by atoms with Crippen molar-refractivity contribution < 1.29 is 14.3 Å². The van der Waals surface area contributed by atoms with Gasteiger partial charge in [-0.3, -0.25) is 9.69 Å². The molecule has 1 saturated heterocycles. The summed E-state index contributed by atoms with van der Waals surface area (Å²) in [5, 5.41) is 0. The molecule has 0 N–H and O–H groups in total. The van der Waals surface area contributed by atoms with Crippen molar-refractivity contribution in [2.24, 2.45) is 0 Å². The molecule has 1 fully saturated rings. The van der Waals surface area contributed by atoms with Crippen molar-refractivity contribution in [3.63, 3.8) is 0 Å². The summed E-state index contributed by atoms with van der Waals surface area (Å²) in [5.74, 6) is -0.220. The minimum atomic E-state index is -0.305. The molecule has 0 unspecified atom stereocenters. The van der Waals surface area contributed by atoms with Gasteiger partial charge in [0.05, 0.1) is 6.61 Å². The van der Waals surface area contributed by atoms with Crippen molar-refractivity contribution in [2.45, 2.75) is 6.92 Å². The summed E-state index contributed by atoms with van der Waals surface area (Å²) in [5.41, 5.74) is 0.734. The first-order valence-electron chi connectivity index (χ1n) is 7.60. The number of nitrogens with zero attached hydrogens (tertiary/aromatic N) is 2. The minimum absolute atomic E-state index is 0.0855. The SMILES string of the molecule is CCOC(=O)C=CCN1CCN(C(=O)c2ccccc2)CC1. The Morgan fingerprint density at radius 1 is 1.14 bits per heavy atom. The predicted molar refractivity (Wildman–Crippen MR) is 84.6 cm³/mol. The maximum absolute atomic E-state index is 12.3. The third kappa shape index (κ3) is 4.70. The zero-order valence-corrected chi connectivity index (χ0v) is 12.9. The quantitative estimate of drug-likeness (QED) is 0.612. The van der Waals surface area contributed by atoms with Crippen LogP contribution >= 0.6 is 0 Å². The van der Waals surface area contributed by atoms with Crippen LogP contribution in [0.2, 0.25) is 0 Å². The number of carbonyl (C=O) groups excluding carboxylic acids is 2. The third-order valence-electron chi connectivity index (χ3n) is 3.58. The van der Waals surface area contributed by atoms with E-state index < -0.39 is 0 Å². The van der Waals surface area contributed by atoms with Crippen molar-refractivity contribution in [3.05, 3.63) is 48.0 Å². The van der Waals surface area contributed by atoms with Gasteiger partial charge >= 0.3 is 5.97 Å². The second-order valence-corrected chi connectivity index (χ2v) is 5.11. The Bertz CT molecular complexity index is 520. The molecule has 1 heterocycles. The summed E-state index contributed by atoms with van der Waals surface area (Å²) in [7, 11) is 0. The lowest BCUT2D eigenvalue weighted by atomic mass is 10.2. The highest BCUT2D eigenvalue weighted by atomic mass is 16.5. The van der Waals surface area contributed by atoms with Gasteiger partial charge in [0.15, 0.2) is 0 Å². The molecular formula is C17H22N2O3. The summed E-state index contributed by atoms with van der Waals surface area (Å²) < 4.78 is 4.83. The molecule has 2 rings (SSSR count). The van der Waals surface area contributed by atoms with Gasteiger partial charge in [-0.15, -0.1) is 0 Å². The van der Waals surface area contributed by atoms with Crippen LogP contribution < -0.4 is 0 Å². The van der Waals surface area contributed by atoms with Crippen LogP contribution in [0.5, 0.6) is 0 Å². The van der Waals surface area contributed by atoms with Crippen molar-refractivity contribution in [1.82, 2.24) is 9.80 Å². The van der Waals surface area contributed by atoms with E-state index in [-0.39, 0.29) is 11.9 Å². The summed E-state index contributed by atoms with van der Waals surface area (Å²) in [6, 6.07) is 9.35. The third-order valence-corrected chi connectivity index (χ3v) is 3.58. The maximum atomic E-state index is 12.3. The van der Waals surface area contributed by atoms with Gasteiger partial charge in [0.2, 0.25) is 0 Å². The van der Waals surface area contributed by atoms with Crippen molar-refractivity contribution >= 4 is 11.9 Å². The van der Waals surface area contributed by atoms with E-state index in [1.54, 1.807) is 6.92 Å². The second-order valence-electron chi connectivity index (χ2n) is 5.11. The number of carbonyl (C=O) groups is 2. The Morgan fingerprint density at radius 3 is 2.45 bits per heavy atom. The Kier molecular flexibility index (Phi) is 6.15. The normalized spacial score (nSPS) is 16.0. The van der Waals surface area contributed by atoms with Crippen LogP contribution in [0.4, 0.5) is 0 Å². The number of ether oxygens (including phenoxy) is 1. The second kappa shape index (κ2) is 8.34. The summed E-state index contributed by atoms with van der Waals surface area (Å²) >= 11 is 0. The van der Waals surface area contributed by atoms with Crippen LogP contribution in [0.3, 0.4) is 0 Å². The van der Waals surface area contributed by atoms with Crippen LogP contribution in [0, 0.1) is 0 Å². The minimum Gasteiger partial charge on any atom is -0.463 e. The molecule has 5 nitrogen and oxygen atoms in total. The van der Waals surface area contributed by atoms with E-state index in [0.29, 0.717) is 26.2 Å². The lowest BCUT2D eigenvalue weighted by Crippen LogP contribution is -2.48. The average Bonchev–Trinajstić information content (AvgIpc) is 2.56. The standard InChI is InChI=1S/C17H22N2O3/c1-2-22-16(20)9-6-10-18-11-13-19(14-12-18)17(21)15-7-4-3-5-8-15/h3-9H,2,10-14H2,1H3. The molecule has 5 heteroatoms. The molecule has 1 aliphatic heterocycles. The van der Waals surface area contributed by atoms with E-state index in [1.165, 1.54) is 6.08 Å². The highest BCUT2D eigenvalue weighted by Crippen LogP contribution is 2.08. The molecular weight excluding hydrogens is 280 g/mol. The number of esters is 1. The van der Waals surface area contributed by atoms with Gasteiger partial charge in [-0.25, -0.2) is 4.79 Å². The number of benzene rings is 1. The average molecular weight is 302 g/mol. The number of rotatable bonds is 5. The highest BCUT2D eigenvalue weighted by Gasteiger charge is 2.21. The van der Waals surface area contributed by atoms with Crippen LogP contribution in [0.1, 0.15) is 17.3 Å². The van der Waals surface area contributed by atoms with E-state index in [9.17, 15) is 9.59 Å². The molecule has 0 aliphatic carbocycles. The van der Waals surface area contributed by atoms with Crippen LogP contribution in [-0.4, -0.2) is 61.0 Å². The van der Waals surface area contributed by atoms with E-state index in [0.717, 1.165) is 18.7 Å². The van der Waals surface area contributed by atoms with Crippen molar-refractivity contribution in [2.75, 3.05) is 39.3 Å². The van der Waals surface area contributed by atoms with E-state index >= 15 is 0 Å². The molecule has 1 amide bonds. The van der Waals surface area contributed by atoms with Gasteiger partial charge < -0.3 is 9.64 Å². The van der Waals surface area contributed by atoms with E-state index in [2.05, 4.69) is 4.90 Å².